The van der Waals surface area contributed by atoms with Crippen LogP contribution in [0.4, 0.5) is 0 Å². The number of halogens is 1. The molecule has 1 aromatic heterocycles. The van der Waals surface area contributed by atoms with E-state index in [2.05, 4.69) is 21.8 Å². The van der Waals surface area contributed by atoms with E-state index >= 15 is 0 Å². The van der Waals surface area contributed by atoms with Crippen molar-refractivity contribution in [2.75, 3.05) is 0 Å². The molecule has 0 aliphatic rings. The quantitative estimate of drug-likeness (QED) is 0.540. The predicted octanol–water partition coefficient (Wildman–Crippen LogP) is 0.529. The van der Waals surface area contributed by atoms with E-state index in [1.165, 1.54) is 0 Å². The standard InChI is InChI=1S/C5H3AsClN/c6-5-3-4(7)1-2-8-5/h1-3H. The summed E-state index contributed by atoms with van der Waals surface area (Å²) in [6, 6.07) is 3.54. The molecule has 0 aromatic carbocycles. The molecule has 0 aliphatic carbocycles. The van der Waals surface area contributed by atoms with Crippen molar-refractivity contribution >= 4 is 32.9 Å². The SMILES string of the molecule is Clc1ccnc([As])c1. The molecule has 0 unspecified atom stereocenters. The summed E-state index contributed by atoms with van der Waals surface area (Å²) in [6.07, 6.45) is 1.68. The van der Waals surface area contributed by atoms with Gasteiger partial charge in [-0.25, -0.2) is 0 Å². The van der Waals surface area contributed by atoms with Crippen LogP contribution in [0.2, 0.25) is 5.02 Å². The molecule has 1 nitrogen and oxygen atoms in total. The molecule has 0 N–H and O–H groups in total. The van der Waals surface area contributed by atoms with E-state index in [-0.39, 0.29) is 0 Å². The molecule has 1 aromatic rings. The van der Waals surface area contributed by atoms with Gasteiger partial charge in [0, 0.05) is 0 Å². The Morgan fingerprint density at radius 2 is 2.38 bits per heavy atom. The number of pyridine rings is 1. The van der Waals surface area contributed by atoms with Crippen LogP contribution < -0.4 is 4.48 Å². The fourth-order valence-corrected chi connectivity index (χ4v) is 1.15. The van der Waals surface area contributed by atoms with Gasteiger partial charge in [0.15, 0.2) is 0 Å². The van der Waals surface area contributed by atoms with Gasteiger partial charge in [-0.05, 0) is 0 Å². The molecule has 1 heterocycles. The first kappa shape index (κ1) is 6.12. The number of nitrogens with zero attached hydrogens (tertiary/aromatic N) is 1. The van der Waals surface area contributed by atoms with E-state index in [9.17, 15) is 0 Å². The Bertz CT molecular complexity index is 172. The van der Waals surface area contributed by atoms with Crippen LogP contribution in [0.1, 0.15) is 0 Å². The van der Waals surface area contributed by atoms with Crippen molar-refractivity contribution in [2.45, 2.75) is 0 Å². The molecule has 0 bridgehead atoms. The maximum atomic E-state index is 5.59. The second-order valence-electron chi connectivity index (χ2n) is 1.33. The van der Waals surface area contributed by atoms with Crippen LogP contribution in [-0.2, 0) is 0 Å². The Kier molecular flexibility index (Phi) is 1.93. The predicted molar refractivity (Wildman–Crippen MR) is 34.6 cm³/mol. The molecule has 0 fully saturated rings. The molecule has 40 valence electrons. The molecular weight excluding hydrogens is 184 g/mol. The fourth-order valence-electron chi connectivity index (χ4n) is 0.394. The van der Waals surface area contributed by atoms with Gasteiger partial charge in [0.25, 0.3) is 0 Å². The van der Waals surface area contributed by atoms with Crippen LogP contribution in [0.25, 0.3) is 0 Å². The van der Waals surface area contributed by atoms with Crippen molar-refractivity contribution in [3.8, 4) is 0 Å². The summed E-state index contributed by atoms with van der Waals surface area (Å²) in [4.78, 5) is 3.93. The van der Waals surface area contributed by atoms with Crippen LogP contribution in [0, 0.1) is 0 Å². The van der Waals surface area contributed by atoms with E-state index in [0.29, 0.717) is 0 Å². The Hall–Kier alpha value is -0.00156. The molecule has 0 amide bonds. The van der Waals surface area contributed by atoms with Gasteiger partial charge in [-0.3, -0.25) is 0 Å². The average molecular weight is 187 g/mol. The Labute approximate surface area is 61.6 Å². The van der Waals surface area contributed by atoms with Gasteiger partial charge in [0.2, 0.25) is 0 Å². The minimum atomic E-state index is 0.732. The summed E-state index contributed by atoms with van der Waals surface area (Å²) in [5.74, 6) is 0. The van der Waals surface area contributed by atoms with Gasteiger partial charge in [-0.1, -0.05) is 0 Å². The topological polar surface area (TPSA) is 12.9 Å². The molecule has 8 heavy (non-hydrogen) atoms. The van der Waals surface area contributed by atoms with Gasteiger partial charge in [-0.15, -0.1) is 0 Å². The molecule has 1 rings (SSSR count). The third kappa shape index (κ3) is 1.50. The third-order valence-corrected chi connectivity index (χ3v) is 1.46. The summed E-state index contributed by atoms with van der Waals surface area (Å²) in [5.41, 5.74) is 0. The first-order valence-electron chi connectivity index (χ1n) is 2.09. The molecular formula is C5H3AsClN. The second-order valence-corrected chi connectivity index (χ2v) is 2.73. The third-order valence-electron chi connectivity index (χ3n) is 0.708. The van der Waals surface area contributed by atoms with Crippen LogP contribution in [-0.4, -0.2) is 21.8 Å². The van der Waals surface area contributed by atoms with Crippen LogP contribution in [0.15, 0.2) is 18.3 Å². The first-order valence-corrected chi connectivity index (χ1v) is 3.41. The average Bonchev–Trinajstić information content (AvgIpc) is 1.64. The van der Waals surface area contributed by atoms with Crippen molar-refractivity contribution in [1.29, 1.82) is 0 Å². The summed E-state index contributed by atoms with van der Waals surface area (Å²) in [6.45, 7) is 0. The van der Waals surface area contributed by atoms with Gasteiger partial charge in [0.1, 0.15) is 0 Å². The van der Waals surface area contributed by atoms with E-state index < -0.39 is 0 Å². The molecule has 0 spiro atoms. The van der Waals surface area contributed by atoms with Crippen molar-refractivity contribution < 1.29 is 0 Å². The van der Waals surface area contributed by atoms with E-state index in [1.54, 1.807) is 18.3 Å². The first-order chi connectivity index (χ1) is 3.79. The zero-order valence-corrected chi connectivity index (χ0v) is 6.64. The zero-order valence-electron chi connectivity index (χ0n) is 4.00. The number of rotatable bonds is 0. The molecule has 0 aliphatic heterocycles. The zero-order chi connectivity index (χ0) is 5.98. The van der Waals surface area contributed by atoms with Gasteiger partial charge in [-0.2, -0.15) is 0 Å². The van der Waals surface area contributed by atoms with Crippen LogP contribution in [0.5, 0.6) is 0 Å². The van der Waals surface area contributed by atoms with Gasteiger partial charge < -0.3 is 0 Å². The van der Waals surface area contributed by atoms with Crippen molar-refractivity contribution in [1.82, 2.24) is 4.98 Å². The fraction of sp³-hybridized carbons (Fsp3) is 0. The molecule has 0 atom stereocenters. The summed E-state index contributed by atoms with van der Waals surface area (Å²) in [7, 11) is 0. The van der Waals surface area contributed by atoms with Gasteiger partial charge in [0.05, 0.1) is 0 Å². The number of aromatic nitrogens is 1. The molecule has 2 radical (unpaired) electrons. The Morgan fingerprint density at radius 3 is 2.75 bits per heavy atom. The summed E-state index contributed by atoms with van der Waals surface area (Å²) in [5, 5.41) is 0.732. The van der Waals surface area contributed by atoms with Crippen molar-refractivity contribution in [2.24, 2.45) is 0 Å². The van der Waals surface area contributed by atoms with Crippen molar-refractivity contribution in [3.05, 3.63) is 23.4 Å². The number of hydrogen-bond donors (Lipinski definition) is 0. The van der Waals surface area contributed by atoms with Crippen LogP contribution in [0.3, 0.4) is 0 Å². The normalized spacial score (nSPS) is 9.25. The van der Waals surface area contributed by atoms with Gasteiger partial charge >= 0.3 is 61.3 Å². The second kappa shape index (κ2) is 2.52. The summed E-state index contributed by atoms with van der Waals surface area (Å²) >= 11 is 7.92. The van der Waals surface area contributed by atoms with Crippen molar-refractivity contribution in [3.63, 3.8) is 0 Å². The molecule has 3 heteroatoms. The molecule has 0 saturated heterocycles. The maximum absolute atomic E-state index is 5.59. The van der Waals surface area contributed by atoms with E-state index in [1.807, 2.05) is 0 Å². The van der Waals surface area contributed by atoms with Crippen LogP contribution >= 0.6 is 11.6 Å². The number of hydrogen-bond acceptors (Lipinski definition) is 1. The summed E-state index contributed by atoms with van der Waals surface area (Å²) < 4.78 is 0.894. The monoisotopic (exact) mass is 187 g/mol. The minimum absolute atomic E-state index is 0.732. The molecule has 0 saturated carbocycles. The van der Waals surface area contributed by atoms with E-state index in [0.717, 1.165) is 9.50 Å². The van der Waals surface area contributed by atoms with E-state index in [4.69, 9.17) is 11.6 Å². The Morgan fingerprint density at radius 1 is 1.62 bits per heavy atom. The Balaban J connectivity index is 3.08.